The van der Waals surface area contributed by atoms with E-state index in [1.807, 2.05) is 40.1 Å². The zero-order valence-corrected chi connectivity index (χ0v) is 29.3. The number of carboxylic acid groups (broad SMARTS) is 1. The van der Waals surface area contributed by atoms with Gasteiger partial charge in [0.15, 0.2) is 17.0 Å². The number of thiazole rings is 1. The lowest BCUT2D eigenvalue weighted by molar-refractivity contribution is -0.661. The standard InChI is InChI=1S/C32H33ClN10O5S2/c1-48-38-24(23-27(33)50-32(34)37-23)28(44)36-25-29(45)43-26(31(46)47)21(18-49-30(25)43)17-41-12-9-22-39(13-14-42(22)41)16-20-7-5-19(6-8-20)15-35-40-10-3-2-4-11-40/h5-9,12-15,25,30H,2-4,10-11,16-18H2,1H3,(H3-,34,36,37,44,46,47)/p+1/b35-15?,38-24-/t25-,30-/m1/s1. The van der Waals surface area contributed by atoms with Gasteiger partial charge in [0.1, 0.15) is 47.0 Å². The number of β-lactam (4-membered cyclic amide) rings is 1. The van der Waals surface area contributed by atoms with Crippen molar-refractivity contribution in [2.45, 2.75) is 43.8 Å². The first-order chi connectivity index (χ1) is 24.2. The zero-order chi connectivity index (χ0) is 34.9. The fourth-order valence-electron chi connectivity index (χ4n) is 6.31. The van der Waals surface area contributed by atoms with Crippen molar-refractivity contribution in [3.63, 3.8) is 0 Å². The van der Waals surface area contributed by atoms with Gasteiger partial charge in [-0.3, -0.25) is 19.5 Å². The summed E-state index contributed by atoms with van der Waals surface area (Å²) in [7, 11) is 1.26. The maximum Gasteiger partial charge on any atom is 0.352 e. The molecule has 260 valence electrons. The van der Waals surface area contributed by atoms with Crippen molar-refractivity contribution in [2.24, 2.45) is 10.3 Å². The molecule has 0 unspecified atom stereocenters. The highest BCUT2D eigenvalue weighted by molar-refractivity contribution is 8.00. The van der Waals surface area contributed by atoms with Gasteiger partial charge in [0.2, 0.25) is 0 Å². The number of hydrogen-bond acceptors (Lipinski definition) is 11. The maximum atomic E-state index is 13.3. The van der Waals surface area contributed by atoms with Crippen molar-refractivity contribution in [3.05, 3.63) is 81.3 Å². The van der Waals surface area contributed by atoms with Crippen LogP contribution in [0.5, 0.6) is 0 Å². The Hall–Kier alpha value is -4.87. The number of imidazole rings is 1. The van der Waals surface area contributed by atoms with Gasteiger partial charge in [-0.2, -0.15) is 5.10 Å². The molecule has 0 bridgehead atoms. The molecule has 1 aromatic carbocycles. The molecule has 2 amide bonds. The van der Waals surface area contributed by atoms with Crippen LogP contribution in [0.3, 0.4) is 0 Å². The number of oxime groups is 1. The van der Waals surface area contributed by atoms with E-state index >= 15 is 0 Å². The van der Waals surface area contributed by atoms with Crippen LogP contribution in [0, 0.1) is 0 Å². The number of aliphatic carboxylic acids is 1. The van der Waals surface area contributed by atoms with Gasteiger partial charge in [0.25, 0.3) is 11.8 Å². The van der Waals surface area contributed by atoms with Gasteiger partial charge < -0.3 is 21.0 Å². The monoisotopic (exact) mass is 737 g/mol. The lowest BCUT2D eigenvalue weighted by atomic mass is 10.0. The second-order valence-electron chi connectivity index (χ2n) is 12.0. The van der Waals surface area contributed by atoms with Crippen LogP contribution in [0.15, 0.2) is 70.4 Å². The van der Waals surface area contributed by atoms with Crippen molar-refractivity contribution in [2.75, 3.05) is 31.7 Å². The highest BCUT2D eigenvalue weighted by atomic mass is 35.5. The van der Waals surface area contributed by atoms with E-state index in [0.29, 0.717) is 17.9 Å². The number of fused-ring (bicyclic) bond motifs is 2. The summed E-state index contributed by atoms with van der Waals surface area (Å²) < 4.78 is 6.12. The fraction of sp³-hybridized carbons (Fsp3) is 0.344. The number of hydrazone groups is 1. The van der Waals surface area contributed by atoms with Gasteiger partial charge >= 0.3 is 11.6 Å². The molecule has 0 radical (unpaired) electrons. The molecule has 3 aliphatic rings. The van der Waals surface area contributed by atoms with E-state index in [1.165, 1.54) is 43.0 Å². The number of amides is 2. The largest absolute Gasteiger partial charge is 0.477 e. The van der Waals surface area contributed by atoms with E-state index in [2.05, 4.69) is 54.4 Å². The van der Waals surface area contributed by atoms with E-state index in [4.69, 9.17) is 22.2 Å². The Morgan fingerprint density at radius 1 is 1.20 bits per heavy atom. The summed E-state index contributed by atoms with van der Waals surface area (Å²) in [6, 6.07) is 9.32. The summed E-state index contributed by atoms with van der Waals surface area (Å²) in [5, 5.41) is 22.9. The van der Waals surface area contributed by atoms with Crippen molar-refractivity contribution >= 4 is 75.2 Å². The highest BCUT2D eigenvalue weighted by Crippen LogP contribution is 2.41. The molecule has 6 heterocycles. The predicted molar refractivity (Wildman–Crippen MR) is 189 cm³/mol. The molecule has 2 fully saturated rings. The lowest BCUT2D eigenvalue weighted by Gasteiger charge is -2.49. The molecule has 0 saturated carbocycles. The molecule has 15 nitrogen and oxygen atoms in total. The minimum absolute atomic E-state index is 0.0256. The third-order valence-electron chi connectivity index (χ3n) is 8.74. The topological polar surface area (TPSA) is 176 Å². The Labute approximate surface area is 299 Å². The number of nitrogens with two attached hydrogens (primary N) is 1. The molecular formula is C32H34ClN10O5S2+. The van der Waals surface area contributed by atoms with Crippen LogP contribution in [0.2, 0.25) is 4.34 Å². The number of rotatable bonds is 11. The molecule has 18 heteroatoms. The fourth-order valence-corrected chi connectivity index (χ4v) is 8.57. The Morgan fingerprint density at radius 2 is 1.98 bits per heavy atom. The van der Waals surface area contributed by atoms with E-state index in [-0.39, 0.29) is 33.1 Å². The second-order valence-corrected chi connectivity index (χ2v) is 14.7. The van der Waals surface area contributed by atoms with Crippen molar-refractivity contribution in [1.29, 1.82) is 0 Å². The predicted octanol–water partition coefficient (Wildman–Crippen LogP) is 2.38. The first kappa shape index (κ1) is 33.6. The van der Waals surface area contributed by atoms with Gasteiger partial charge in [0.05, 0.1) is 25.0 Å². The van der Waals surface area contributed by atoms with Crippen LogP contribution in [-0.4, -0.2) is 96.3 Å². The van der Waals surface area contributed by atoms with E-state index in [9.17, 15) is 19.5 Å². The Balaban J connectivity index is 1.03. The molecular weight excluding hydrogens is 704 g/mol. The number of nitrogen functional groups attached to an aromatic ring is 1. The Bertz CT molecular complexity index is 2050. The number of carbonyl (C=O) groups excluding carboxylic acids is 2. The number of anilines is 1. The number of nitrogens with zero attached hydrogens (tertiary/aromatic N) is 8. The SMILES string of the molecule is CO/N=C(\C(=O)N[C@@H]1C(=O)N2C(C(=O)O)=C(Cn3ccc4n3cc[n+]4Cc3ccc(C=NN4CCCCC4)cc3)CS[C@H]12)c1nc(N)sc1Cl. The summed E-state index contributed by atoms with van der Waals surface area (Å²) in [5.41, 5.74) is 9.10. The number of aromatic nitrogens is 4. The molecule has 7 rings (SSSR count). The van der Waals surface area contributed by atoms with Gasteiger partial charge in [-0.15, -0.1) is 16.3 Å². The maximum absolute atomic E-state index is 13.3. The number of thioether (sulfide) groups is 1. The minimum atomic E-state index is -1.22. The van der Waals surface area contributed by atoms with E-state index in [1.54, 1.807) is 0 Å². The minimum Gasteiger partial charge on any atom is -0.477 e. The summed E-state index contributed by atoms with van der Waals surface area (Å²) in [5.74, 6) is -2.18. The quantitative estimate of drug-likeness (QED) is 0.0904. The number of benzene rings is 1. The second kappa shape index (κ2) is 14.2. The molecule has 3 aromatic heterocycles. The number of piperidine rings is 1. The zero-order valence-electron chi connectivity index (χ0n) is 26.9. The summed E-state index contributed by atoms with van der Waals surface area (Å²) in [6.07, 6.45) is 11.4. The van der Waals surface area contributed by atoms with Crippen LogP contribution >= 0.6 is 34.7 Å². The third kappa shape index (κ3) is 6.55. The van der Waals surface area contributed by atoms with Crippen LogP contribution in [0.1, 0.15) is 36.1 Å². The first-order valence-electron chi connectivity index (χ1n) is 15.9. The number of nitrogens with one attached hydrogen (secondary N) is 1. The summed E-state index contributed by atoms with van der Waals surface area (Å²) in [4.78, 5) is 49.1. The van der Waals surface area contributed by atoms with Crippen LogP contribution in [0.25, 0.3) is 5.65 Å². The molecule has 2 atom stereocenters. The normalized spacial score (nSPS) is 19.6. The third-order valence-corrected chi connectivity index (χ3v) is 11.2. The van der Waals surface area contributed by atoms with Gasteiger partial charge in [-0.05, 0) is 36.0 Å². The lowest BCUT2D eigenvalue weighted by Crippen LogP contribution is -2.71. The van der Waals surface area contributed by atoms with Gasteiger partial charge in [0, 0.05) is 18.8 Å². The van der Waals surface area contributed by atoms with Crippen LogP contribution < -0.4 is 15.6 Å². The smallest absolute Gasteiger partial charge is 0.352 e. The van der Waals surface area contributed by atoms with E-state index in [0.717, 1.165) is 41.2 Å². The number of halogens is 1. The number of carbonyl (C=O) groups is 3. The number of hydrogen-bond donors (Lipinski definition) is 3. The van der Waals surface area contributed by atoms with Crippen molar-refractivity contribution in [3.8, 4) is 0 Å². The molecule has 0 spiro atoms. The molecule has 0 aliphatic carbocycles. The molecule has 3 aliphatic heterocycles. The van der Waals surface area contributed by atoms with Gasteiger partial charge in [-0.1, -0.05) is 52.4 Å². The van der Waals surface area contributed by atoms with Crippen molar-refractivity contribution in [1.82, 2.24) is 29.4 Å². The highest BCUT2D eigenvalue weighted by Gasteiger charge is 2.54. The van der Waals surface area contributed by atoms with Crippen molar-refractivity contribution < 1.29 is 28.9 Å². The van der Waals surface area contributed by atoms with Crippen LogP contribution in [0.4, 0.5) is 5.13 Å². The average molecular weight is 738 g/mol. The number of carboxylic acids is 1. The molecule has 2 saturated heterocycles. The van der Waals surface area contributed by atoms with E-state index < -0.39 is 29.2 Å². The van der Waals surface area contributed by atoms with Crippen LogP contribution in [-0.2, 0) is 32.3 Å². The van der Waals surface area contributed by atoms with Gasteiger partial charge in [-0.25, -0.2) is 19.0 Å². The first-order valence-corrected chi connectivity index (χ1v) is 18.1. The summed E-state index contributed by atoms with van der Waals surface area (Å²) >= 11 is 8.52. The Morgan fingerprint density at radius 3 is 2.68 bits per heavy atom. The molecule has 4 aromatic rings. The molecule has 4 N–H and O–H groups in total. The Kier molecular flexibility index (Phi) is 9.52. The average Bonchev–Trinajstić information content (AvgIpc) is 3.81. The summed E-state index contributed by atoms with van der Waals surface area (Å²) in [6.45, 7) is 2.92. The molecule has 50 heavy (non-hydrogen) atoms.